The van der Waals surface area contributed by atoms with Crippen LogP contribution >= 0.6 is 0 Å². The topological polar surface area (TPSA) is 309 Å². The van der Waals surface area contributed by atoms with E-state index in [0.717, 1.165) is 64.6 Å². The fourth-order valence-corrected chi connectivity index (χ4v) is 12.7. The smallest absolute Gasteiger partial charge is 0.418 e. The van der Waals surface area contributed by atoms with Crippen molar-refractivity contribution in [3.63, 3.8) is 0 Å². The number of piperidine rings is 3. The average Bonchev–Trinajstić information content (AvgIpc) is 4.24. The predicted octanol–water partition coefficient (Wildman–Crippen LogP) is 7.93. The van der Waals surface area contributed by atoms with E-state index in [4.69, 9.17) is 18.1 Å². The molecule has 6 aliphatic rings. The molecule has 5 amide bonds. The molecule has 28 heteroatoms. The molecule has 4 bridgehead atoms. The monoisotopic (exact) mass is 1200 g/mol. The molecule has 82 heavy (non-hydrogen) atoms. The molecule has 0 aromatic carbocycles. The number of nitrogens with zero attached hydrogens (tertiary/aromatic N) is 10. The third kappa shape index (κ3) is 20.5. The molecule has 8 rings (SSSR count). The molecule has 0 unspecified atom stereocenters. The summed E-state index contributed by atoms with van der Waals surface area (Å²) in [5.41, 5.74) is -0.574. The fraction of sp³-hybridized carbons (Fsp3) is 0.870. The van der Waals surface area contributed by atoms with Crippen molar-refractivity contribution in [2.24, 2.45) is 0 Å². The Morgan fingerprint density at radius 3 is 1.62 bits per heavy atom. The molecule has 1 saturated carbocycles. The van der Waals surface area contributed by atoms with E-state index < -0.39 is 62.6 Å². The number of ether oxygens (including phenoxy) is 1. The largest absolute Gasteiger partial charge is 0.724 e. The molecule has 1 aliphatic carbocycles. The molecule has 26 nitrogen and oxygen atoms in total. The number of fused-ring (bicyclic) bond motifs is 4. The summed E-state index contributed by atoms with van der Waals surface area (Å²) in [7, 11) is -9.82. The molecule has 468 valence electrons. The number of aromatic nitrogens is 4. The van der Waals surface area contributed by atoms with Gasteiger partial charge in [-0.1, -0.05) is 72.6 Å². The van der Waals surface area contributed by atoms with E-state index in [2.05, 4.69) is 67.3 Å². The summed E-state index contributed by atoms with van der Waals surface area (Å²) in [5.74, 6) is 1.50. The SMILES string of the molecule is CC(C)(C)OC(=O)N(CCCc1nnc([C@@H]2CC[C@@H]3CN2C(=O)N3OS(=O)(=O)[O-])o1)C1CCCCC1.CCCC[N+](CCCC)(CCCC)CCCC.O=C1N2C[C@@H](CC[C@H]2c2nnc(CCCNC3CCNCC3)o2)N1OS(=O)(=O)O. The highest BCUT2D eigenvalue weighted by Crippen LogP contribution is 2.40. The second-order valence-corrected chi connectivity index (χ2v) is 25.8. The zero-order valence-corrected chi connectivity index (χ0v) is 51.5. The molecule has 4 atom stereocenters. The van der Waals surface area contributed by atoms with Gasteiger partial charge in [-0.15, -0.1) is 24.7 Å². The Morgan fingerprint density at radius 2 is 1.17 bits per heavy atom. The number of hydrogen-bond donors (Lipinski definition) is 3. The number of hydrogen-bond acceptors (Lipinski definition) is 19. The van der Waals surface area contributed by atoms with Crippen molar-refractivity contribution in [2.75, 3.05) is 65.4 Å². The van der Waals surface area contributed by atoms with Gasteiger partial charge in [-0.3, -0.25) is 4.55 Å². The van der Waals surface area contributed by atoms with Crippen molar-refractivity contribution in [1.82, 2.24) is 55.9 Å². The van der Waals surface area contributed by atoms with Gasteiger partial charge in [0.2, 0.25) is 34.0 Å². The number of unbranched alkanes of at least 4 members (excludes halogenated alkanes) is 4. The van der Waals surface area contributed by atoms with Crippen LogP contribution in [0.3, 0.4) is 0 Å². The molecular formula is C54H96N12O14S2. The number of urea groups is 2. The van der Waals surface area contributed by atoms with Crippen LogP contribution in [0, 0.1) is 0 Å². The van der Waals surface area contributed by atoms with Crippen LogP contribution in [-0.4, -0.2) is 189 Å². The van der Waals surface area contributed by atoms with Crippen molar-refractivity contribution in [1.29, 1.82) is 0 Å². The van der Waals surface area contributed by atoms with Crippen LogP contribution in [0.2, 0.25) is 0 Å². The minimum Gasteiger partial charge on any atom is -0.724 e. The Morgan fingerprint density at radius 1 is 0.695 bits per heavy atom. The number of aryl methyl sites for hydroxylation is 2. The van der Waals surface area contributed by atoms with Crippen molar-refractivity contribution < 1.29 is 66.9 Å². The highest BCUT2D eigenvalue weighted by molar-refractivity contribution is 7.81. The van der Waals surface area contributed by atoms with Gasteiger partial charge in [0.1, 0.15) is 17.7 Å². The normalized spacial score (nSPS) is 21.8. The summed E-state index contributed by atoms with van der Waals surface area (Å²) in [5, 5.41) is 24.6. The van der Waals surface area contributed by atoms with Crippen LogP contribution in [0.15, 0.2) is 8.83 Å². The molecular weight excluding hydrogens is 1100 g/mol. The average molecular weight is 1200 g/mol. The van der Waals surface area contributed by atoms with E-state index in [1.54, 1.807) is 0 Å². The van der Waals surface area contributed by atoms with Crippen LogP contribution in [0.1, 0.15) is 219 Å². The number of hydroxylamine groups is 4. The van der Waals surface area contributed by atoms with Gasteiger partial charge >= 0.3 is 28.6 Å². The lowest BCUT2D eigenvalue weighted by Crippen LogP contribution is -2.50. The lowest BCUT2D eigenvalue weighted by molar-refractivity contribution is -0.929. The van der Waals surface area contributed by atoms with E-state index in [1.165, 1.54) is 98.2 Å². The van der Waals surface area contributed by atoms with Crippen molar-refractivity contribution in [2.45, 2.75) is 238 Å². The van der Waals surface area contributed by atoms with Gasteiger partial charge in [0.05, 0.1) is 38.3 Å². The molecule has 5 saturated heterocycles. The summed E-state index contributed by atoms with van der Waals surface area (Å²) < 4.78 is 91.2. The van der Waals surface area contributed by atoms with Crippen molar-refractivity contribution in [3.05, 3.63) is 23.6 Å². The van der Waals surface area contributed by atoms with Gasteiger partial charge < -0.3 is 47.9 Å². The van der Waals surface area contributed by atoms with Crippen LogP contribution in [0.4, 0.5) is 14.4 Å². The number of nitrogens with one attached hydrogen (secondary N) is 2. The first kappa shape index (κ1) is 66.8. The van der Waals surface area contributed by atoms with Gasteiger partial charge in [0.15, 0.2) is 0 Å². The molecule has 2 aromatic heterocycles. The zero-order chi connectivity index (χ0) is 59.5. The third-order valence-corrected chi connectivity index (χ3v) is 16.9. The number of carbonyl (C=O) groups is 3. The molecule has 7 heterocycles. The quantitative estimate of drug-likeness (QED) is 0.0315. The van der Waals surface area contributed by atoms with E-state index in [0.29, 0.717) is 85.3 Å². The molecule has 3 N–H and O–H groups in total. The minimum atomic E-state index is -5.06. The summed E-state index contributed by atoms with van der Waals surface area (Å²) in [6.45, 7) is 24.5. The molecule has 5 aliphatic heterocycles. The summed E-state index contributed by atoms with van der Waals surface area (Å²) in [4.78, 5) is 42.6. The second-order valence-electron chi connectivity index (χ2n) is 23.9. The second kappa shape index (κ2) is 31.7. The van der Waals surface area contributed by atoms with E-state index in [9.17, 15) is 35.8 Å². The molecule has 6 fully saturated rings. The maximum atomic E-state index is 12.9. The Labute approximate surface area is 486 Å². The van der Waals surface area contributed by atoms with E-state index >= 15 is 0 Å². The highest BCUT2D eigenvalue weighted by atomic mass is 32.3. The first-order valence-electron chi connectivity index (χ1n) is 30.5. The fourth-order valence-electron chi connectivity index (χ4n) is 11.9. The zero-order valence-electron chi connectivity index (χ0n) is 49.8. The van der Waals surface area contributed by atoms with Crippen LogP contribution in [0.25, 0.3) is 0 Å². The molecule has 0 spiro atoms. The third-order valence-electron chi connectivity index (χ3n) is 16.2. The maximum absolute atomic E-state index is 12.9. The summed E-state index contributed by atoms with van der Waals surface area (Å²) >= 11 is 0. The Bertz CT molecular complexity index is 2470. The summed E-state index contributed by atoms with van der Waals surface area (Å²) in [6.07, 6.45) is 22.8. The Kier molecular flexibility index (Phi) is 25.9. The lowest BCUT2D eigenvalue weighted by Gasteiger charge is -2.39. The van der Waals surface area contributed by atoms with Crippen molar-refractivity contribution in [3.8, 4) is 0 Å². The number of amides is 5. The molecule has 0 radical (unpaired) electrons. The predicted molar refractivity (Wildman–Crippen MR) is 301 cm³/mol. The number of rotatable bonds is 28. The Hall–Kier alpha value is -4.29. The van der Waals surface area contributed by atoms with Crippen LogP contribution in [-0.2, 0) is 46.9 Å². The van der Waals surface area contributed by atoms with Gasteiger partial charge in [0, 0.05) is 44.6 Å². The number of carbonyl (C=O) groups excluding carboxylic acids is 3. The molecule has 2 aromatic rings. The van der Waals surface area contributed by atoms with Gasteiger partial charge in [0.25, 0.3) is 0 Å². The highest BCUT2D eigenvalue weighted by Gasteiger charge is 2.50. The van der Waals surface area contributed by atoms with Gasteiger partial charge in [-0.25, -0.2) is 22.8 Å². The van der Waals surface area contributed by atoms with Gasteiger partial charge in [-0.2, -0.15) is 22.8 Å². The van der Waals surface area contributed by atoms with Crippen LogP contribution in [0.5, 0.6) is 0 Å². The first-order chi connectivity index (χ1) is 39.1. The number of quaternary nitrogens is 1. The maximum Gasteiger partial charge on any atom is 0.418 e. The van der Waals surface area contributed by atoms with E-state index in [-0.39, 0.29) is 31.1 Å². The standard InChI is InChI=1S/C22H35N5O8S.C16H26N6O6S.C16H36N/c1-22(2,3)34-21(29)25(15-8-5-4-6-9-15)13-7-10-18-23-24-19(33-18)17-12-11-16-14-26(17)20(28)27(16)35-36(30,31)32;23-16-21-10-12(22(16)28-29(24,25)26)3-4-13(21)15-20-19-14(27-15)2-1-7-18-11-5-8-17-9-6-11;1-5-9-13-17(14-10-6-2,15-11-7-3)16-12-8-4/h15-17H,4-14H2,1-3H3,(H,30,31,32);11-13,17-18H,1-10H2,(H,24,25,26);5-16H2,1-4H3/q;;+1/p-1/t16-,17+;12-,13+;/m11./s1. The first-order valence-corrected chi connectivity index (χ1v) is 33.2. The summed E-state index contributed by atoms with van der Waals surface area (Å²) in [6, 6.07) is -2.57. The van der Waals surface area contributed by atoms with Crippen molar-refractivity contribution >= 4 is 39.0 Å². The Balaban J connectivity index is 0.000000211. The van der Waals surface area contributed by atoms with Crippen LogP contribution < -0.4 is 10.6 Å². The van der Waals surface area contributed by atoms with Gasteiger partial charge in [-0.05, 0) is 130 Å². The minimum absolute atomic E-state index is 0.159. The van der Waals surface area contributed by atoms with E-state index in [1.807, 2.05) is 25.7 Å². The lowest BCUT2D eigenvalue weighted by atomic mass is 9.94.